The average molecular weight is 229 g/mol. The molecule has 1 unspecified atom stereocenters. The third kappa shape index (κ3) is 3.39. The fourth-order valence-electron chi connectivity index (χ4n) is 1.32. The van der Waals surface area contributed by atoms with Gasteiger partial charge in [0.05, 0.1) is 7.11 Å². The number of nitrogens with two attached hydrogens (primary N) is 1. The summed E-state index contributed by atoms with van der Waals surface area (Å²) in [5.41, 5.74) is 6.74. The summed E-state index contributed by atoms with van der Waals surface area (Å²) in [5.74, 6) is 0.889. The molecule has 1 atom stereocenters. The van der Waals surface area contributed by atoms with Gasteiger partial charge >= 0.3 is 0 Å². The maximum absolute atomic E-state index is 13.3. The SMILES string of the molecule is COc1ccc(C(N)CCSC)cc1F. The lowest BCUT2D eigenvalue weighted by atomic mass is 10.1. The van der Waals surface area contributed by atoms with E-state index in [2.05, 4.69) is 0 Å². The standard InChI is InChI=1S/C11H16FNOS/c1-14-11-4-3-8(7-9(11)12)10(13)5-6-15-2/h3-4,7,10H,5-6,13H2,1-2H3. The molecule has 0 heterocycles. The van der Waals surface area contributed by atoms with Gasteiger partial charge in [0, 0.05) is 6.04 Å². The van der Waals surface area contributed by atoms with Gasteiger partial charge in [0.2, 0.25) is 0 Å². The summed E-state index contributed by atoms with van der Waals surface area (Å²) in [6, 6.07) is 4.78. The van der Waals surface area contributed by atoms with E-state index in [4.69, 9.17) is 10.5 Å². The van der Waals surface area contributed by atoms with Crippen LogP contribution in [0.4, 0.5) is 4.39 Å². The third-order valence-electron chi connectivity index (χ3n) is 2.24. The lowest BCUT2D eigenvalue weighted by molar-refractivity contribution is 0.386. The van der Waals surface area contributed by atoms with Crippen molar-refractivity contribution in [3.8, 4) is 5.75 Å². The number of hydrogen-bond acceptors (Lipinski definition) is 3. The molecule has 0 saturated heterocycles. The monoisotopic (exact) mass is 229 g/mol. The highest BCUT2D eigenvalue weighted by Gasteiger charge is 2.09. The van der Waals surface area contributed by atoms with Gasteiger partial charge in [-0.1, -0.05) is 6.07 Å². The Balaban J connectivity index is 2.73. The molecule has 0 amide bonds. The summed E-state index contributed by atoms with van der Waals surface area (Å²) in [7, 11) is 1.45. The molecule has 2 nitrogen and oxygen atoms in total. The lowest BCUT2D eigenvalue weighted by Gasteiger charge is -2.12. The zero-order chi connectivity index (χ0) is 11.3. The van der Waals surface area contributed by atoms with E-state index < -0.39 is 0 Å². The van der Waals surface area contributed by atoms with Gasteiger partial charge in [-0.25, -0.2) is 4.39 Å². The van der Waals surface area contributed by atoms with Crippen molar-refractivity contribution in [1.29, 1.82) is 0 Å². The maximum Gasteiger partial charge on any atom is 0.165 e. The van der Waals surface area contributed by atoms with Crippen LogP contribution >= 0.6 is 11.8 Å². The van der Waals surface area contributed by atoms with Gasteiger partial charge in [0.1, 0.15) is 0 Å². The average Bonchev–Trinajstić information content (AvgIpc) is 2.25. The van der Waals surface area contributed by atoms with Crippen LogP contribution in [-0.4, -0.2) is 19.1 Å². The highest BCUT2D eigenvalue weighted by molar-refractivity contribution is 7.98. The first kappa shape index (κ1) is 12.3. The zero-order valence-electron chi connectivity index (χ0n) is 9.00. The first-order valence-electron chi connectivity index (χ1n) is 4.77. The van der Waals surface area contributed by atoms with Crippen LogP contribution in [0.2, 0.25) is 0 Å². The summed E-state index contributed by atoms with van der Waals surface area (Å²) < 4.78 is 18.2. The van der Waals surface area contributed by atoms with Gasteiger partial charge in [-0.15, -0.1) is 0 Å². The van der Waals surface area contributed by atoms with Crippen LogP contribution in [0, 0.1) is 5.82 Å². The predicted octanol–water partition coefficient (Wildman–Crippen LogP) is 2.59. The number of halogens is 1. The fraction of sp³-hybridized carbons (Fsp3) is 0.455. The van der Waals surface area contributed by atoms with E-state index in [1.54, 1.807) is 17.8 Å². The molecule has 2 N–H and O–H groups in total. The van der Waals surface area contributed by atoms with Crippen LogP contribution in [0.5, 0.6) is 5.75 Å². The number of hydrogen-bond donors (Lipinski definition) is 1. The van der Waals surface area contributed by atoms with E-state index in [0.29, 0.717) is 0 Å². The first-order chi connectivity index (χ1) is 7.19. The molecule has 0 aromatic heterocycles. The fourth-order valence-corrected chi connectivity index (χ4v) is 1.81. The summed E-state index contributed by atoms with van der Waals surface area (Å²) >= 11 is 1.74. The minimum atomic E-state index is -0.352. The van der Waals surface area contributed by atoms with Crippen molar-refractivity contribution in [1.82, 2.24) is 0 Å². The number of thioether (sulfide) groups is 1. The molecule has 1 rings (SSSR count). The van der Waals surface area contributed by atoms with Crippen molar-refractivity contribution < 1.29 is 9.13 Å². The lowest BCUT2D eigenvalue weighted by Crippen LogP contribution is -2.11. The molecule has 0 radical (unpaired) electrons. The second-order valence-corrected chi connectivity index (χ2v) is 4.27. The highest BCUT2D eigenvalue weighted by Crippen LogP contribution is 2.22. The number of methoxy groups -OCH3 is 1. The quantitative estimate of drug-likeness (QED) is 0.843. The Morgan fingerprint density at radius 1 is 1.53 bits per heavy atom. The van der Waals surface area contributed by atoms with E-state index >= 15 is 0 Å². The van der Waals surface area contributed by atoms with E-state index in [0.717, 1.165) is 17.7 Å². The van der Waals surface area contributed by atoms with Crippen molar-refractivity contribution in [2.45, 2.75) is 12.5 Å². The van der Waals surface area contributed by atoms with Gasteiger partial charge in [-0.3, -0.25) is 0 Å². The van der Waals surface area contributed by atoms with E-state index in [-0.39, 0.29) is 17.6 Å². The van der Waals surface area contributed by atoms with Crippen molar-refractivity contribution in [3.63, 3.8) is 0 Å². The molecule has 0 fully saturated rings. The maximum atomic E-state index is 13.3. The van der Waals surface area contributed by atoms with Gasteiger partial charge in [0.15, 0.2) is 11.6 Å². The van der Waals surface area contributed by atoms with Crippen LogP contribution in [0.25, 0.3) is 0 Å². The van der Waals surface area contributed by atoms with Gasteiger partial charge in [-0.2, -0.15) is 11.8 Å². The Kier molecular flexibility index (Phi) is 4.91. The molecule has 0 spiro atoms. The van der Waals surface area contributed by atoms with Crippen molar-refractivity contribution >= 4 is 11.8 Å². The molecular formula is C11H16FNOS. The molecule has 0 bridgehead atoms. The molecule has 0 aliphatic rings. The van der Waals surface area contributed by atoms with Crippen LogP contribution in [0.15, 0.2) is 18.2 Å². The molecule has 1 aromatic rings. The number of rotatable bonds is 5. The van der Waals surface area contributed by atoms with Crippen LogP contribution < -0.4 is 10.5 Å². The van der Waals surface area contributed by atoms with Crippen molar-refractivity contribution in [2.75, 3.05) is 19.1 Å². The zero-order valence-corrected chi connectivity index (χ0v) is 9.81. The molecule has 4 heteroatoms. The van der Waals surface area contributed by atoms with E-state index in [1.807, 2.05) is 12.3 Å². The highest BCUT2D eigenvalue weighted by atomic mass is 32.2. The summed E-state index contributed by atoms with van der Waals surface area (Å²) in [6.07, 6.45) is 2.88. The van der Waals surface area contributed by atoms with E-state index in [1.165, 1.54) is 13.2 Å². The van der Waals surface area contributed by atoms with Crippen molar-refractivity contribution in [2.24, 2.45) is 5.73 Å². The minimum Gasteiger partial charge on any atom is -0.494 e. The van der Waals surface area contributed by atoms with Crippen LogP contribution in [0.3, 0.4) is 0 Å². The molecular weight excluding hydrogens is 213 g/mol. The molecule has 0 aliphatic carbocycles. The van der Waals surface area contributed by atoms with Crippen LogP contribution in [0.1, 0.15) is 18.0 Å². The summed E-state index contributed by atoms with van der Waals surface area (Å²) in [4.78, 5) is 0. The topological polar surface area (TPSA) is 35.2 Å². The Morgan fingerprint density at radius 3 is 2.80 bits per heavy atom. The van der Waals surface area contributed by atoms with Crippen molar-refractivity contribution in [3.05, 3.63) is 29.6 Å². The third-order valence-corrected chi connectivity index (χ3v) is 2.88. The Hall–Kier alpha value is -0.740. The molecule has 15 heavy (non-hydrogen) atoms. The number of ether oxygens (including phenoxy) is 1. The Bertz CT molecular complexity index is 319. The first-order valence-corrected chi connectivity index (χ1v) is 6.16. The molecule has 84 valence electrons. The number of benzene rings is 1. The smallest absolute Gasteiger partial charge is 0.165 e. The molecule has 1 aromatic carbocycles. The van der Waals surface area contributed by atoms with Crippen LogP contribution in [-0.2, 0) is 0 Å². The Labute approximate surface area is 94.0 Å². The van der Waals surface area contributed by atoms with Gasteiger partial charge < -0.3 is 10.5 Å². The minimum absolute atomic E-state index is 0.0992. The second kappa shape index (κ2) is 5.98. The van der Waals surface area contributed by atoms with Gasteiger partial charge in [-0.05, 0) is 36.1 Å². The van der Waals surface area contributed by atoms with E-state index in [9.17, 15) is 4.39 Å². The second-order valence-electron chi connectivity index (χ2n) is 3.28. The summed E-state index contributed by atoms with van der Waals surface area (Å²) in [6.45, 7) is 0. The molecule has 0 saturated carbocycles. The molecule has 0 aliphatic heterocycles. The Morgan fingerprint density at radius 2 is 2.27 bits per heavy atom. The normalized spacial score (nSPS) is 12.5. The largest absolute Gasteiger partial charge is 0.494 e. The summed E-state index contributed by atoms with van der Waals surface area (Å²) in [5, 5.41) is 0. The predicted molar refractivity (Wildman–Crippen MR) is 62.9 cm³/mol. The van der Waals surface area contributed by atoms with Gasteiger partial charge in [0.25, 0.3) is 0 Å².